The van der Waals surface area contributed by atoms with Crippen LogP contribution in [0.25, 0.3) is 10.9 Å². The monoisotopic (exact) mass is 852 g/mol. The normalized spacial score (nSPS) is 26.4. The number of nitrogens with zero attached hydrogens (tertiary/aromatic N) is 1. The molecule has 10 atom stereocenters. The Labute approximate surface area is 353 Å². The number of aromatic amines is 1. The minimum absolute atomic E-state index is 0.109. The first kappa shape index (κ1) is 41.1. The van der Waals surface area contributed by atoms with Crippen molar-refractivity contribution in [2.75, 3.05) is 13.4 Å². The number of carboxylic acids is 1. The van der Waals surface area contributed by atoms with Crippen molar-refractivity contribution in [3.8, 4) is 40.6 Å². The van der Waals surface area contributed by atoms with Crippen molar-refractivity contribution in [3.63, 3.8) is 0 Å². The summed E-state index contributed by atoms with van der Waals surface area (Å²) in [5.41, 5.74) is 15.8. The van der Waals surface area contributed by atoms with E-state index >= 15 is 0 Å². The SMILES string of the molecule is NC(N)C(OC(=O)CC(=O)O)C1OC(Oc2cc(Cn3cc4cc[nH]c4c3)c3c(c2)OC2C(c4ccccc4)C#CCCOc4c(OCO)ccc5c4OC3C52)C(O)C(O)C1O. The predicted octanol–water partition coefficient (Wildman–Crippen LogP) is 1.71. The number of aliphatic hydroxyl groups is 4. The second kappa shape index (κ2) is 16.9. The number of hydrogen-bond donors (Lipinski definition) is 8. The van der Waals surface area contributed by atoms with Gasteiger partial charge in [0.25, 0.3) is 0 Å². The van der Waals surface area contributed by atoms with E-state index in [0.29, 0.717) is 40.5 Å². The molecule has 0 saturated carbocycles. The molecule has 0 radical (unpaired) electrons. The van der Waals surface area contributed by atoms with Gasteiger partial charge in [0.15, 0.2) is 24.4 Å². The largest absolute Gasteiger partial charge is 0.487 e. The number of aliphatic carboxylic acids is 1. The lowest BCUT2D eigenvalue weighted by atomic mass is 9.76. The smallest absolute Gasteiger partial charge is 0.317 e. The van der Waals surface area contributed by atoms with Gasteiger partial charge in [-0.1, -0.05) is 48.2 Å². The molecule has 0 spiro atoms. The van der Waals surface area contributed by atoms with Crippen molar-refractivity contribution in [1.82, 2.24) is 9.55 Å². The number of carboxylic acid groups (broad SMARTS) is 1. The van der Waals surface area contributed by atoms with Gasteiger partial charge in [0.05, 0.1) is 30.1 Å². The van der Waals surface area contributed by atoms with Gasteiger partial charge in [0.1, 0.15) is 54.5 Å². The summed E-state index contributed by atoms with van der Waals surface area (Å²) >= 11 is 0. The van der Waals surface area contributed by atoms with Crippen LogP contribution >= 0.6 is 0 Å². The van der Waals surface area contributed by atoms with Crippen LogP contribution < -0.4 is 35.2 Å². The molecule has 2 aromatic heterocycles. The minimum atomic E-state index is -1.91. The molecule has 4 bridgehead atoms. The van der Waals surface area contributed by atoms with Gasteiger partial charge in [-0.15, -0.1) is 0 Å². The summed E-state index contributed by atoms with van der Waals surface area (Å²) in [6.45, 7) is -0.0918. The first-order chi connectivity index (χ1) is 30.0. The summed E-state index contributed by atoms with van der Waals surface area (Å²) in [5.74, 6) is 4.65. The van der Waals surface area contributed by atoms with E-state index in [0.717, 1.165) is 22.0 Å². The number of fused-ring (bicyclic) bond motifs is 3. The number of rotatable bonds is 12. The van der Waals surface area contributed by atoms with Crippen LogP contribution in [0.2, 0.25) is 0 Å². The number of hydrogen-bond acceptors (Lipinski definition) is 15. The van der Waals surface area contributed by atoms with Crippen LogP contribution in [0.3, 0.4) is 0 Å². The maximum absolute atomic E-state index is 12.4. The summed E-state index contributed by atoms with van der Waals surface area (Å²) in [4.78, 5) is 26.8. The van der Waals surface area contributed by atoms with Crippen LogP contribution in [0.1, 0.15) is 53.0 Å². The lowest BCUT2D eigenvalue weighted by Gasteiger charge is -2.43. The van der Waals surface area contributed by atoms with Crippen LogP contribution in [0.15, 0.2) is 79.3 Å². The van der Waals surface area contributed by atoms with E-state index in [-0.39, 0.29) is 18.9 Å². The van der Waals surface area contributed by atoms with Crippen molar-refractivity contribution < 1.29 is 68.3 Å². The highest BCUT2D eigenvalue weighted by Crippen LogP contribution is 2.61. The van der Waals surface area contributed by atoms with E-state index in [9.17, 15) is 30.0 Å². The number of ether oxygens (including phenoxy) is 7. The molecule has 3 aromatic carbocycles. The lowest BCUT2D eigenvalue weighted by Crippen LogP contribution is -2.66. The van der Waals surface area contributed by atoms with Crippen molar-refractivity contribution in [3.05, 3.63) is 102 Å². The van der Waals surface area contributed by atoms with Crippen molar-refractivity contribution in [2.24, 2.45) is 11.5 Å². The van der Waals surface area contributed by atoms with Gasteiger partial charge >= 0.3 is 11.9 Å². The minimum Gasteiger partial charge on any atom is -0.487 e. The third-order valence-electron chi connectivity index (χ3n) is 11.5. The van der Waals surface area contributed by atoms with E-state index in [2.05, 4.69) is 16.8 Å². The van der Waals surface area contributed by atoms with Gasteiger partial charge in [-0.05, 0) is 29.3 Å². The summed E-state index contributed by atoms with van der Waals surface area (Å²) < 4.78 is 45.4. The molecule has 0 aliphatic carbocycles. The van der Waals surface area contributed by atoms with E-state index in [1.54, 1.807) is 18.2 Å². The van der Waals surface area contributed by atoms with E-state index in [4.69, 9.17) is 49.7 Å². The second-order valence-corrected chi connectivity index (χ2v) is 15.5. The summed E-state index contributed by atoms with van der Waals surface area (Å²) in [5, 5.41) is 53.1. The molecule has 10 unspecified atom stereocenters. The number of aromatic nitrogens is 2. The summed E-state index contributed by atoms with van der Waals surface area (Å²) in [6.07, 6.45) is -8.44. The second-order valence-electron chi connectivity index (χ2n) is 15.5. The Bertz CT molecular complexity index is 2500. The number of benzene rings is 3. The maximum atomic E-state index is 12.4. The Morgan fingerprint density at radius 3 is 2.56 bits per heavy atom. The number of carbonyl (C=O) groups is 2. The standard InChI is InChI=1S/C44H44N4O14/c45-43(46)42(60-31(52)16-30(50)51)41-35(54)34(53)36(55)44(62-41)58-24-14-23(18-48-17-22-11-12-47-27(22)19-48)32-29(15-24)59-37-25(21-6-2-1-3-7-21)8-4-5-13-56-39-28(57-20-49)10-9-26-33(37)40(32)61-38(26)39/h1-3,6-7,9-12,14-15,17,19,25,33-37,40-44,47,49,53-55H,5,13,16,18,20,45-46H2,(H,50,51). The first-order valence-corrected chi connectivity index (χ1v) is 20.0. The number of H-pyrrole nitrogens is 1. The van der Waals surface area contributed by atoms with Crippen molar-refractivity contribution in [2.45, 2.75) is 86.4 Å². The van der Waals surface area contributed by atoms with E-state index in [1.165, 1.54) is 0 Å². The lowest BCUT2D eigenvalue weighted by molar-refractivity contribution is -0.291. The first-order valence-electron chi connectivity index (χ1n) is 20.0. The fraction of sp³-hybridized carbons (Fsp3) is 0.364. The Balaban J connectivity index is 1.16. The molecule has 4 aliphatic heterocycles. The van der Waals surface area contributed by atoms with Gasteiger partial charge in [-0.2, -0.15) is 0 Å². The van der Waals surface area contributed by atoms with Gasteiger partial charge < -0.3 is 79.7 Å². The zero-order valence-electron chi connectivity index (χ0n) is 32.9. The molecule has 10 N–H and O–H groups in total. The van der Waals surface area contributed by atoms with Crippen molar-refractivity contribution >= 4 is 22.8 Å². The fourth-order valence-electron chi connectivity index (χ4n) is 8.73. The van der Waals surface area contributed by atoms with Gasteiger partial charge in [-0.3, -0.25) is 9.59 Å². The Morgan fingerprint density at radius 1 is 0.984 bits per heavy atom. The quantitative estimate of drug-likeness (QED) is 0.0384. The number of aliphatic hydroxyl groups excluding tert-OH is 4. The van der Waals surface area contributed by atoms with Crippen LogP contribution in [0.5, 0.6) is 28.7 Å². The Hall–Kier alpha value is -6.30. The van der Waals surface area contributed by atoms with Crippen LogP contribution in [-0.2, 0) is 25.6 Å². The number of nitrogens with one attached hydrogen (secondary N) is 1. The zero-order valence-corrected chi connectivity index (χ0v) is 32.9. The summed E-state index contributed by atoms with van der Waals surface area (Å²) in [6, 6.07) is 18.6. The zero-order chi connectivity index (χ0) is 43.2. The molecule has 5 aromatic rings. The number of nitrogens with two attached hydrogens (primary N) is 2. The molecule has 18 nitrogen and oxygen atoms in total. The highest BCUT2D eigenvalue weighted by molar-refractivity contribution is 5.90. The van der Waals surface area contributed by atoms with Crippen LogP contribution in [0.4, 0.5) is 0 Å². The molecule has 18 heteroatoms. The van der Waals surface area contributed by atoms with E-state index < -0.39 is 92.2 Å². The fourth-order valence-corrected chi connectivity index (χ4v) is 8.73. The highest BCUT2D eigenvalue weighted by atomic mass is 16.7. The van der Waals surface area contributed by atoms with Crippen molar-refractivity contribution in [1.29, 1.82) is 0 Å². The van der Waals surface area contributed by atoms with Crippen LogP contribution in [-0.4, -0.2) is 110 Å². The Morgan fingerprint density at radius 2 is 1.81 bits per heavy atom. The molecule has 324 valence electrons. The molecular weight excluding hydrogens is 808 g/mol. The number of carbonyl (C=O) groups excluding carboxylic acids is 1. The van der Waals surface area contributed by atoms with Gasteiger partial charge in [0.2, 0.25) is 12.0 Å². The third-order valence-corrected chi connectivity index (χ3v) is 11.5. The number of esters is 1. The molecule has 0 amide bonds. The molecule has 9 rings (SSSR count). The average molecular weight is 853 g/mol. The highest BCUT2D eigenvalue weighted by Gasteiger charge is 2.53. The third kappa shape index (κ3) is 7.64. The topological polar surface area (TPSA) is 273 Å². The Kier molecular flexibility index (Phi) is 11.2. The molecular formula is C44H44N4O14. The molecule has 1 fully saturated rings. The molecule has 4 aliphatic rings. The average Bonchev–Trinajstić information content (AvgIpc) is 3.96. The summed E-state index contributed by atoms with van der Waals surface area (Å²) in [7, 11) is 0. The molecule has 62 heavy (non-hydrogen) atoms. The predicted molar refractivity (Wildman–Crippen MR) is 215 cm³/mol. The van der Waals surface area contributed by atoms with Crippen LogP contribution in [0, 0.1) is 11.8 Å². The van der Waals surface area contributed by atoms with Gasteiger partial charge in [0, 0.05) is 54.1 Å². The molecule has 6 heterocycles. The maximum Gasteiger partial charge on any atom is 0.317 e. The molecule has 1 saturated heterocycles. The van der Waals surface area contributed by atoms with Gasteiger partial charge in [-0.25, -0.2) is 0 Å². The van der Waals surface area contributed by atoms with E-state index in [1.807, 2.05) is 65.6 Å².